The van der Waals surface area contributed by atoms with Crippen LogP contribution in [-0.2, 0) is 10.2 Å². The number of anilines is 2. The molecule has 0 atom stereocenters. The van der Waals surface area contributed by atoms with E-state index in [4.69, 9.17) is 10.5 Å². The van der Waals surface area contributed by atoms with Crippen LogP contribution in [0.5, 0.6) is 5.75 Å². The molecule has 1 aliphatic rings. The largest absolute Gasteiger partial charge is 0.494 e. The van der Waals surface area contributed by atoms with Crippen molar-refractivity contribution in [2.75, 3.05) is 26.0 Å². The predicted octanol–water partition coefficient (Wildman–Crippen LogP) is 2.24. The quantitative estimate of drug-likeness (QED) is 0.419. The van der Waals surface area contributed by atoms with Crippen molar-refractivity contribution in [3.8, 4) is 5.75 Å². The molecule has 9 heteroatoms. The van der Waals surface area contributed by atoms with Gasteiger partial charge in [0.15, 0.2) is 5.75 Å². The molecule has 0 unspecified atom stereocenters. The zero-order chi connectivity index (χ0) is 23.3. The van der Waals surface area contributed by atoms with Gasteiger partial charge < -0.3 is 26.4 Å². The van der Waals surface area contributed by atoms with E-state index in [1.807, 2.05) is 6.92 Å². The van der Waals surface area contributed by atoms with Gasteiger partial charge in [0.05, 0.1) is 40.7 Å². The van der Waals surface area contributed by atoms with E-state index in [2.05, 4.69) is 20.9 Å². The van der Waals surface area contributed by atoms with Crippen LogP contribution in [0.2, 0.25) is 0 Å². The van der Waals surface area contributed by atoms with Crippen molar-refractivity contribution in [1.29, 1.82) is 0 Å². The molecule has 1 aromatic carbocycles. The summed E-state index contributed by atoms with van der Waals surface area (Å²) in [4.78, 5) is 41.4. The Hall–Kier alpha value is -3.62. The number of carbonyl (C=O) groups is 3. The average Bonchev–Trinajstić information content (AvgIpc) is 3.61. The van der Waals surface area contributed by atoms with Gasteiger partial charge in [0.25, 0.3) is 11.8 Å². The van der Waals surface area contributed by atoms with Gasteiger partial charge in [0, 0.05) is 19.8 Å². The number of aromatic nitrogens is 1. The number of pyridine rings is 1. The summed E-state index contributed by atoms with van der Waals surface area (Å²) in [5.74, 6) is -0.680. The summed E-state index contributed by atoms with van der Waals surface area (Å²) in [5.41, 5.74) is 6.90. The molecule has 1 heterocycles. The van der Waals surface area contributed by atoms with Crippen LogP contribution in [0.4, 0.5) is 11.4 Å². The highest BCUT2D eigenvalue weighted by Crippen LogP contribution is 2.48. The van der Waals surface area contributed by atoms with Gasteiger partial charge in [0.2, 0.25) is 5.91 Å². The number of methoxy groups -OCH3 is 1. The maximum absolute atomic E-state index is 12.6. The molecule has 0 aliphatic heterocycles. The summed E-state index contributed by atoms with van der Waals surface area (Å²) in [6.07, 6.45) is 4.50. The van der Waals surface area contributed by atoms with E-state index in [1.165, 1.54) is 20.4 Å². The number of primary amides is 1. The minimum Gasteiger partial charge on any atom is -0.494 e. The van der Waals surface area contributed by atoms with E-state index in [0.717, 1.165) is 12.8 Å². The Morgan fingerprint density at radius 1 is 1.16 bits per heavy atom. The third kappa shape index (κ3) is 4.51. The van der Waals surface area contributed by atoms with Gasteiger partial charge >= 0.3 is 0 Å². The molecule has 1 aliphatic carbocycles. The van der Waals surface area contributed by atoms with Crippen LogP contribution in [-0.4, -0.2) is 43.4 Å². The summed E-state index contributed by atoms with van der Waals surface area (Å²) in [5, 5.41) is 8.66. The first kappa shape index (κ1) is 23.1. The van der Waals surface area contributed by atoms with E-state index in [0.29, 0.717) is 47.8 Å². The monoisotopic (exact) mass is 439 g/mol. The second kappa shape index (κ2) is 9.67. The van der Waals surface area contributed by atoms with E-state index in [-0.39, 0.29) is 17.4 Å². The number of hydrogen-bond donors (Lipinski definition) is 4. The van der Waals surface area contributed by atoms with E-state index >= 15 is 0 Å². The maximum Gasteiger partial charge on any atom is 0.255 e. The fourth-order valence-electron chi connectivity index (χ4n) is 3.54. The highest BCUT2D eigenvalue weighted by molar-refractivity contribution is 6.02. The van der Waals surface area contributed by atoms with Gasteiger partial charge in [-0.3, -0.25) is 19.4 Å². The molecular formula is C23H29N5O4. The Balaban J connectivity index is 2.00. The first-order valence-corrected chi connectivity index (χ1v) is 10.6. The zero-order valence-electron chi connectivity index (χ0n) is 18.6. The third-order valence-corrected chi connectivity index (χ3v) is 5.64. The van der Waals surface area contributed by atoms with Crippen LogP contribution in [0.15, 0.2) is 30.5 Å². The fraction of sp³-hybridized carbons (Fsp3) is 0.391. The lowest BCUT2D eigenvalue weighted by Gasteiger charge is -2.18. The first-order chi connectivity index (χ1) is 15.4. The lowest BCUT2D eigenvalue weighted by Crippen LogP contribution is -2.29. The van der Waals surface area contributed by atoms with Crippen LogP contribution >= 0.6 is 0 Å². The fourth-order valence-corrected chi connectivity index (χ4v) is 3.54. The molecule has 0 radical (unpaired) electrons. The number of amides is 3. The van der Waals surface area contributed by atoms with Crippen LogP contribution in [0.3, 0.4) is 0 Å². The Bertz CT molecular complexity index is 1030. The summed E-state index contributed by atoms with van der Waals surface area (Å²) in [7, 11) is 3.00. The van der Waals surface area contributed by atoms with E-state index in [9.17, 15) is 14.4 Å². The number of carbonyl (C=O) groups excluding carboxylic acids is 3. The van der Waals surface area contributed by atoms with Crippen molar-refractivity contribution in [2.45, 2.75) is 38.0 Å². The van der Waals surface area contributed by atoms with Gasteiger partial charge in [-0.1, -0.05) is 19.4 Å². The lowest BCUT2D eigenvalue weighted by atomic mass is 9.99. The molecule has 0 bridgehead atoms. The van der Waals surface area contributed by atoms with E-state index in [1.54, 1.807) is 24.3 Å². The van der Waals surface area contributed by atoms with E-state index < -0.39 is 11.3 Å². The van der Waals surface area contributed by atoms with Crippen LogP contribution in [0, 0.1) is 0 Å². The number of ether oxygens (including phenoxy) is 1. The molecule has 3 rings (SSSR count). The molecule has 0 saturated heterocycles. The number of nitrogens with two attached hydrogens (primary N) is 1. The van der Waals surface area contributed by atoms with Crippen molar-refractivity contribution >= 4 is 29.1 Å². The summed E-state index contributed by atoms with van der Waals surface area (Å²) in [6.45, 7) is 2.62. The smallest absolute Gasteiger partial charge is 0.255 e. The molecule has 32 heavy (non-hydrogen) atoms. The lowest BCUT2D eigenvalue weighted by molar-refractivity contribution is -0.120. The molecule has 3 amide bonds. The van der Waals surface area contributed by atoms with Crippen molar-refractivity contribution in [2.24, 2.45) is 5.73 Å². The predicted molar refractivity (Wildman–Crippen MR) is 121 cm³/mol. The summed E-state index contributed by atoms with van der Waals surface area (Å²) < 4.78 is 5.54. The van der Waals surface area contributed by atoms with Crippen LogP contribution < -0.4 is 26.4 Å². The minimum atomic E-state index is -0.803. The van der Waals surface area contributed by atoms with Gasteiger partial charge in [-0.15, -0.1) is 0 Å². The van der Waals surface area contributed by atoms with Gasteiger partial charge in [-0.2, -0.15) is 0 Å². The Morgan fingerprint density at radius 3 is 2.50 bits per heavy atom. The Morgan fingerprint density at radius 2 is 1.91 bits per heavy atom. The molecule has 1 saturated carbocycles. The molecule has 2 aromatic rings. The second-order valence-corrected chi connectivity index (χ2v) is 7.76. The molecule has 1 fully saturated rings. The standard InChI is InChI=1S/C23H29N5O4/c1-4-5-11-26-21(30)14-7-6-8-16(19(14)32-3)28-17-12-18(23(9-10-23)22(24)31)27-13-15(17)20(29)25-2/h6-8,12-13H,4-5,9-11H2,1-3H3,(H2,24,31)(H,25,29)(H,26,30)(H,27,28). The summed E-state index contributed by atoms with van der Waals surface area (Å²) >= 11 is 0. The number of hydrogen-bond acceptors (Lipinski definition) is 6. The second-order valence-electron chi connectivity index (χ2n) is 7.76. The van der Waals surface area contributed by atoms with Gasteiger partial charge in [-0.25, -0.2) is 0 Å². The third-order valence-electron chi connectivity index (χ3n) is 5.64. The Kier molecular flexibility index (Phi) is 6.97. The maximum atomic E-state index is 12.6. The topological polar surface area (TPSA) is 135 Å². The number of para-hydroxylation sites is 1. The molecule has 1 aromatic heterocycles. The molecule has 170 valence electrons. The number of rotatable bonds is 10. The van der Waals surface area contributed by atoms with Crippen molar-refractivity contribution in [3.63, 3.8) is 0 Å². The summed E-state index contributed by atoms with van der Waals surface area (Å²) in [6, 6.07) is 6.81. The number of benzene rings is 1. The average molecular weight is 440 g/mol. The molecule has 5 N–H and O–H groups in total. The number of nitrogens with zero attached hydrogens (tertiary/aromatic N) is 1. The first-order valence-electron chi connectivity index (χ1n) is 10.6. The van der Waals surface area contributed by atoms with Gasteiger partial charge in [-0.05, 0) is 37.5 Å². The zero-order valence-corrected chi connectivity index (χ0v) is 18.6. The highest BCUT2D eigenvalue weighted by atomic mass is 16.5. The molecular weight excluding hydrogens is 410 g/mol. The van der Waals surface area contributed by atoms with Crippen molar-refractivity contribution in [1.82, 2.24) is 15.6 Å². The number of nitrogens with one attached hydrogen (secondary N) is 3. The van der Waals surface area contributed by atoms with Gasteiger partial charge in [0.1, 0.15) is 0 Å². The molecule has 0 spiro atoms. The van der Waals surface area contributed by atoms with Crippen LogP contribution in [0.1, 0.15) is 59.0 Å². The highest BCUT2D eigenvalue weighted by Gasteiger charge is 2.51. The van der Waals surface area contributed by atoms with Crippen molar-refractivity contribution in [3.05, 3.63) is 47.3 Å². The van der Waals surface area contributed by atoms with Crippen LogP contribution in [0.25, 0.3) is 0 Å². The molecule has 9 nitrogen and oxygen atoms in total. The Labute approximate surface area is 187 Å². The SMILES string of the molecule is CCCCNC(=O)c1cccc(Nc2cc(C3(C(N)=O)CC3)ncc2C(=O)NC)c1OC. The minimum absolute atomic E-state index is 0.244. The number of unbranched alkanes of at least 4 members (excludes halogenated alkanes) is 1. The normalized spacial score (nSPS) is 13.7. The van der Waals surface area contributed by atoms with Crippen molar-refractivity contribution < 1.29 is 19.1 Å².